The number of ether oxygens (including phenoxy) is 1. The molecule has 0 saturated heterocycles. The molecule has 0 bridgehead atoms. The Morgan fingerprint density at radius 1 is 1.29 bits per heavy atom. The Morgan fingerprint density at radius 2 is 2.00 bits per heavy atom. The van der Waals surface area contributed by atoms with Crippen molar-refractivity contribution in [3.63, 3.8) is 0 Å². The number of aliphatic hydroxyl groups excluding tert-OH is 1. The molecule has 24 heavy (non-hydrogen) atoms. The molecule has 0 amide bonds. The van der Waals surface area contributed by atoms with E-state index in [2.05, 4.69) is 27.7 Å². The van der Waals surface area contributed by atoms with Crippen molar-refractivity contribution in [3.05, 3.63) is 11.8 Å². The van der Waals surface area contributed by atoms with Crippen molar-refractivity contribution in [2.24, 2.45) is 22.7 Å². The summed E-state index contributed by atoms with van der Waals surface area (Å²) in [4.78, 5) is 11.3. The highest BCUT2D eigenvalue weighted by atomic mass is 16.5. The second-order valence-corrected chi connectivity index (χ2v) is 9.31. The summed E-state index contributed by atoms with van der Waals surface area (Å²) < 4.78 is 4.92. The van der Waals surface area contributed by atoms with Gasteiger partial charge in [-0.05, 0) is 54.9 Å². The summed E-state index contributed by atoms with van der Waals surface area (Å²) in [6, 6.07) is 0. The van der Waals surface area contributed by atoms with Crippen LogP contribution in [-0.2, 0) is 9.53 Å². The zero-order chi connectivity index (χ0) is 17.8. The Bertz CT molecular complexity index is 552. The molecule has 5 unspecified atom stereocenters. The standard InChI is InChI=1S/C20H32O4/c1-13-10-15(21)17-18(2,3)7-5-8-19(17,4)20(13,23)9-6-14-11-16(22)24-12-14/h12-13,15,17,21,23H,5-11H2,1-4H3. The van der Waals surface area contributed by atoms with Gasteiger partial charge in [0.15, 0.2) is 0 Å². The second kappa shape index (κ2) is 5.84. The summed E-state index contributed by atoms with van der Waals surface area (Å²) in [6.45, 7) is 8.72. The molecule has 1 heterocycles. The second-order valence-electron chi connectivity index (χ2n) is 9.31. The number of rotatable bonds is 3. The van der Waals surface area contributed by atoms with Crippen LogP contribution in [0, 0.1) is 22.7 Å². The van der Waals surface area contributed by atoms with E-state index >= 15 is 0 Å². The lowest BCUT2D eigenvalue weighted by Gasteiger charge is -2.64. The molecule has 136 valence electrons. The molecule has 2 saturated carbocycles. The predicted octanol–water partition coefficient (Wildman–Crippen LogP) is 3.56. The highest BCUT2D eigenvalue weighted by Gasteiger charge is 2.63. The minimum absolute atomic E-state index is 0.0340. The lowest BCUT2D eigenvalue weighted by atomic mass is 9.43. The van der Waals surface area contributed by atoms with Gasteiger partial charge in [0, 0.05) is 5.41 Å². The molecule has 1 aliphatic heterocycles. The number of carbonyl (C=O) groups is 1. The smallest absolute Gasteiger partial charge is 0.314 e. The van der Waals surface area contributed by atoms with E-state index < -0.39 is 5.60 Å². The third-order valence-electron chi connectivity index (χ3n) is 7.39. The van der Waals surface area contributed by atoms with E-state index in [4.69, 9.17) is 4.74 Å². The molecular formula is C20H32O4. The van der Waals surface area contributed by atoms with Crippen molar-refractivity contribution >= 4 is 5.97 Å². The third kappa shape index (κ3) is 2.62. The van der Waals surface area contributed by atoms with Crippen LogP contribution in [0.25, 0.3) is 0 Å². The van der Waals surface area contributed by atoms with Gasteiger partial charge in [-0.2, -0.15) is 0 Å². The molecule has 0 radical (unpaired) electrons. The fraction of sp³-hybridized carbons (Fsp3) is 0.850. The number of hydrogen-bond donors (Lipinski definition) is 2. The Hall–Kier alpha value is -0.870. The zero-order valence-electron chi connectivity index (χ0n) is 15.5. The Morgan fingerprint density at radius 3 is 2.62 bits per heavy atom. The van der Waals surface area contributed by atoms with Crippen LogP contribution >= 0.6 is 0 Å². The Kier molecular flexibility index (Phi) is 4.37. The Labute approximate surface area is 145 Å². The largest absolute Gasteiger partial charge is 0.434 e. The average Bonchev–Trinajstić information content (AvgIpc) is 2.87. The first-order valence-corrected chi connectivity index (χ1v) is 9.38. The van der Waals surface area contributed by atoms with Gasteiger partial charge in [0.2, 0.25) is 0 Å². The van der Waals surface area contributed by atoms with Gasteiger partial charge >= 0.3 is 5.97 Å². The fourth-order valence-corrected chi connectivity index (χ4v) is 6.22. The van der Waals surface area contributed by atoms with Gasteiger partial charge in [0.25, 0.3) is 0 Å². The van der Waals surface area contributed by atoms with Crippen molar-refractivity contribution in [2.75, 3.05) is 0 Å². The zero-order valence-corrected chi connectivity index (χ0v) is 15.5. The molecule has 0 aromatic heterocycles. The van der Waals surface area contributed by atoms with Gasteiger partial charge in [-0.25, -0.2) is 0 Å². The van der Waals surface area contributed by atoms with Crippen LogP contribution in [0.15, 0.2) is 11.8 Å². The van der Waals surface area contributed by atoms with E-state index in [1.807, 2.05) is 0 Å². The first-order chi connectivity index (χ1) is 11.1. The SMILES string of the molecule is CC1CC(O)C2C(C)(C)CCCC2(C)C1(O)CCC1=COC(=O)C1. The van der Waals surface area contributed by atoms with Crippen LogP contribution < -0.4 is 0 Å². The van der Waals surface area contributed by atoms with Crippen LogP contribution in [0.3, 0.4) is 0 Å². The van der Waals surface area contributed by atoms with Crippen molar-refractivity contribution in [3.8, 4) is 0 Å². The molecule has 2 fully saturated rings. The fourth-order valence-electron chi connectivity index (χ4n) is 6.22. The third-order valence-corrected chi connectivity index (χ3v) is 7.39. The van der Waals surface area contributed by atoms with E-state index in [1.165, 1.54) is 0 Å². The van der Waals surface area contributed by atoms with E-state index in [0.29, 0.717) is 25.7 Å². The van der Waals surface area contributed by atoms with Crippen molar-refractivity contribution in [1.29, 1.82) is 0 Å². The summed E-state index contributed by atoms with van der Waals surface area (Å²) in [7, 11) is 0. The maximum absolute atomic E-state index is 11.8. The maximum atomic E-state index is 11.8. The van der Waals surface area contributed by atoms with Crippen molar-refractivity contribution < 1.29 is 19.7 Å². The van der Waals surface area contributed by atoms with Crippen LogP contribution in [0.2, 0.25) is 0 Å². The van der Waals surface area contributed by atoms with Crippen LogP contribution in [-0.4, -0.2) is 27.9 Å². The maximum Gasteiger partial charge on any atom is 0.314 e. The average molecular weight is 336 g/mol. The molecule has 5 atom stereocenters. The first-order valence-electron chi connectivity index (χ1n) is 9.38. The topological polar surface area (TPSA) is 66.8 Å². The molecular weight excluding hydrogens is 304 g/mol. The van der Waals surface area contributed by atoms with Gasteiger partial charge in [-0.1, -0.05) is 34.1 Å². The van der Waals surface area contributed by atoms with Crippen LogP contribution in [0.4, 0.5) is 0 Å². The molecule has 3 aliphatic rings. The molecule has 2 aliphatic carbocycles. The minimum atomic E-state index is -0.818. The summed E-state index contributed by atoms with van der Waals surface area (Å²) in [5, 5.41) is 22.6. The molecule has 0 spiro atoms. The number of carbonyl (C=O) groups excluding carboxylic acids is 1. The summed E-state index contributed by atoms with van der Waals surface area (Å²) >= 11 is 0. The summed E-state index contributed by atoms with van der Waals surface area (Å²) in [5.74, 6) is -0.0522. The lowest BCUT2D eigenvalue weighted by Crippen LogP contribution is -2.66. The number of cyclic esters (lactones) is 1. The quantitative estimate of drug-likeness (QED) is 0.773. The Balaban J connectivity index is 1.88. The van der Waals surface area contributed by atoms with Gasteiger partial charge < -0.3 is 14.9 Å². The summed E-state index contributed by atoms with van der Waals surface area (Å²) in [5.41, 5.74) is -0.106. The molecule has 0 aromatic carbocycles. The molecule has 0 aromatic rings. The minimum Gasteiger partial charge on any atom is -0.434 e. The van der Waals surface area contributed by atoms with Gasteiger partial charge in [-0.3, -0.25) is 4.79 Å². The van der Waals surface area contributed by atoms with E-state index in [1.54, 1.807) is 6.26 Å². The van der Waals surface area contributed by atoms with Crippen LogP contribution in [0.5, 0.6) is 0 Å². The molecule has 2 N–H and O–H groups in total. The van der Waals surface area contributed by atoms with Crippen molar-refractivity contribution in [1.82, 2.24) is 0 Å². The van der Waals surface area contributed by atoms with Crippen molar-refractivity contribution in [2.45, 2.75) is 84.3 Å². The highest BCUT2D eigenvalue weighted by molar-refractivity contribution is 5.75. The normalized spacial score (nSPS) is 44.7. The highest BCUT2D eigenvalue weighted by Crippen LogP contribution is 2.63. The number of esters is 1. The van der Waals surface area contributed by atoms with Gasteiger partial charge in [0.05, 0.1) is 24.4 Å². The molecule has 4 nitrogen and oxygen atoms in total. The van der Waals surface area contributed by atoms with E-state index in [0.717, 1.165) is 24.8 Å². The first kappa shape index (κ1) is 17.9. The number of fused-ring (bicyclic) bond motifs is 1. The van der Waals surface area contributed by atoms with E-state index in [-0.39, 0.29) is 34.7 Å². The number of hydrogen-bond acceptors (Lipinski definition) is 4. The number of aliphatic hydroxyl groups is 2. The molecule has 4 heteroatoms. The monoisotopic (exact) mass is 336 g/mol. The predicted molar refractivity (Wildman–Crippen MR) is 92.0 cm³/mol. The van der Waals surface area contributed by atoms with Crippen LogP contribution in [0.1, 0.15) is 72.6 Å². The molecule has 3 rings (SSSR count). The van der Waals surface area contributed by atoms with Gasteiger partial charge in [0.1, 0.15) is 0 Å². The van der Waals surface area contributed by atoms with Gasteiger partial charge in [-0.15, -0.1) is 0 Å². The lowest BCUT2D eigenvalue weighted by molar-refractivity contribution is -0.244. The summed E-state index contributed by atoms with van der Waals surface area (Å²) in [6.07, 6.45) is 6.65. The van der Waals surface area contributed by atoms with E-state index in [9.17, 15) is 15.0 Å².